The molecule has 0 bridgehead atoms. The Morgan fingerprint density at radius 2 is 1.76 bits per heavy atom. The summed E-state index contributed by atoms with van der Waals surface area (Å²) in [5, 5.41) is 31.4. The number of benzene rings is 2. The number of H-pyrrole nitrogens is 1. The number of phenols is 2. The number of rotatable bonds is 5. The molecule has 0 saturated heterocycles. The molecular weight excluding hydrogens is 436 g/mol. The highest BCUT2D eigenvalue weighted by Crippen LogP contribution is 2.39. The molecule has 34 heavy (non-hydrogen) atoms. The maximum atomic E-state index is 12.8. The summed E-state index contributed by atoms with van der Waals surface area (Å²) in [6, 6.07) is 9.90. The van der Waals surface area contributed by atoms with Crippen molar-refractivity contribution < 1.29 is 29.7 Å². The molecule has 2 aliphatic rings. The van der Waals surface area contributed by atoms with Gasteiger partial charge in [-0.3, -0.25) is 14.4 Å². The molecule has 1 amide bonds. The van der Waals surface area contributed by atoms with E-state index in [0.717, 1.165) is 17.7 Å². The summed E-state index contributed by atoms with van der Waals surface area (Å²) >= 11 is 0. The highest BCUT2D eigenvalue weighted by Gasteiger charge is 2.29. The van der Waals surface area contributed by atoms with Crippen molar-refractivity contribution in [2.24, 2.45) is 0 Å². The lowest BCUT2D eigenvalue weighted by Crippen LogP contribution is -2.11. The monoisotopic (exact) mass is 458 g/mol. The molecule has 0 atom stereocenters. The molecule has 5 rings (SSSR count). The van der Waals surface area contributed by atoms with Gasteiger partial charge in [0.1, 0.15) is 0 Å². The minimum Gasteiger partial charge on any atom is -0.504 e. The molecule has 0 radical (unpaired) electrons. The van der Waals surface area contributed by atoms with Crippen LogP contribution in [0.3, 0.4) is 0 Å². The number of nitrogens with one attached hydrogen (secondary N) is 2. The summed E-state index contributed by atoms with van der Waals surface area (Å²) in [6.45, 7) is 0. The Morgan fingerprint density at radius 3 is 2.53 bits per heavy atom. The van der Waals surface area contributed by atoms with Gasteiger partial charge in [-0.05, 0) is 60.2 Å². The van der Waals surface area contributed by atoms with Gasteiger partial charge in [0.2, 0.25) is 0 Å². The number of carbonyl (C=O) groups is 3. The molecule has 2 aromatic carbocycles. The second-order valence-electron chi connectivity index (χ2n) is 8.52. The lowest BCUT2D eigenvalue weighted by Gasteiger charge is -2.11. The number of aliphatic carboxylic acids is 1. The number of hydrogen-bond acceptors (Lipinski definition) is 5. The zero-order valence-corrected chi connectivity index (χ0v) is 18.1. The number of carboxylic acid groups (broad SMARTS) is 1. The number of aromatic amines is 1. The van der Waals surface area contributed by atoms with E-state index in [1.807, 2.05) is 6.07 Å². The molecule has 1 aromatic heterocycles. The van der Waals surface area contributed by atoms with Gasteiger partial charge in [-0.1, -0.05) is 18.2 Å². The summed E-state index contributed by atoms with van der Waals surface area (Å²) < 4.78 is 0. The first-order chi connectivity index (χ1) is 16.3. The van der Waals surface area contributed by atoms with Gasteiger partial charge in [-0.2, -0.15) is 0 Å². The Kier molecular flexibility index (Phi) is 5.20. The largest absolute Gasteiger partial charge is 0.504 e. The summed E-state index contributed by atoms with van der Waals surface area (Å²) in [5.41, 5.74) is 5.72. The summed E-state index contributed by atoms with van der Waals surface area (Å²) in [4.78, 5) is 39.9. The van der Waals surface area contributed by atoms with E-state index >= 15 is 0 Å². The molecule has 1 aliphatic heterocycles. The molecule has 3 aromatic rings. The lowest BCUT2D eigenvalue weighted by atomic mass is 9.91. The Hall–Kier alpha value is -4.33. The molecule has 172 valence electrons. The van der Waals surface area contributed by atoms with Crippen LogP contribution in [0.25, 0.3) is 22.8 Å². The number of amides is 1. The molecule has 0 spiro atoms. The molecule has 5 N–H and O–H groups in total. The number of phenolic OH excluding ortho intramolecular Hbond substituents is 2. The number of hydrogen-bond donors (Lipinski definition) is 5. The fraction of sp³-hybridized carbons (Fsp3) is 0.192. The lowest BCUT2D eigenvalue weighted by molar-refractivity contribution is -0.137. The van der Waals surface area contributed by atoms with Crippen molar-refractivity contribution in [3.8, 4) is 22.6 Å². The van der Waals surface area contributed by atoms with Crippen molar-refractivity contribution in [2.75, 3.05) is 5.32 Å². The highest BCUT2D eigenvalue weighted by molar-refractivity contribution is 6.35. The van der Waals surface area contributed by atoms with Crippen LogP contribution in [-0.2, 0) is 22.4 Å². The van der Waals surface area contributed by atoms with Crippen LogP contribution in [0.4, 0.5) is 5.69 Å². The van der Waals surface area contributed by atoms with Crippen molar-refractivity contribution in [1.29, 1.82) is 0 Å². The minimum absolute atomic E-state index is 0.000560. The van der Waals surface area contributed by atoms with Crippen molar-refractivity contribution in [1.82, 2.24) is 4.98 Å². The van der Waals surface area contributed by atoms with Crippen molar-refractivity contribution >= 4 is 35.0 Å². The second-order valence-corrected chi connectivity index (χ2v) is 8.52. The summed E-state index contributed by atoms with van der Waals surface area (Å²) in [7, 11) is 0. The van der Waals surface area contributed by atoms with E-state index in [4.69, 9.17) is 0 Å². The molecule has 8 heteroatoms. The van der Waals surface area contributed by atoms with Gasteiger partial charge >= 0.3 is 5.97 Å². The SMILES string of the molecule is O=C(O)CCc1c(/C=C2\C(=O)Nc3cc(-c4ccc(O)c(O)c4)ccc32)[nH]c2c1C(=O)CCC2. The fourth-order valence-corrected chi connectivity index (χ4v) is 4.67. The molecule has 8 nitrogen and oxygen atoms in total. The first kappa shape index (κ1) is 21.5. The number of aromatic hydroxyl groups is 2. The number of ketones is 1. The average Bonchev–Trinajstić information content (AvgIpc) is 3.31. The summed E-state index contributed by atoms with van der Waals surface area (Å²) in [6.07, 6.45) is 3.65. The molecule has 1 aliphatic carbocycles. The van der Waals surface area contributed by atoms with Gasteiger partial charge in [-0.15, -0.1) is 0 Å². The van der Waals surface area contributed by atoms with E-state index in [1.165, 1.54) is 12.1 Å². The number of Topliss-reactive ketones (excluding diaryl/α,β-unsaturated/α-hetero) is 1. The van der Waals surface area contributed by atoms with E-state index < -0.39 is 5.97 Å². The third kappa shape index (κ3) is 3.73. The molecule has 0 fully saturated rings. The Labute approximate surface area is 194 Å². The molecular formula is C26H22N2O6. The zero-order valence-electron chi connectivity index (χ0n) is 18.1. The van der Waals surface area contributed by atoms with Crippen LogP contribution in [0.15, 0.2) is 36.4 Å². The molecule has 0 saturated carbocycles. The number of fused-ring (bicyclic) bond motifs is 2. The maximum absolute atomic E-state index is 12.8. The highest BCUT2D eigenvalue weighted by atomic mass is 16.4. The number of carboxylic acids is 1. The third-order valence-corrected chi connectivity index (χ3v) is 6.31. The van der Waals surface area contributed by atoms with E-state index in [-0.39, 0.29) is 36.0 Å². The van der Waals surface area contributed by atoms with Crippen LogP contribution >= 0.6 is 0 Å². The maximum Gasteiger partial charge on any atom is 0.303 e. The van der Waals surface area contributed by atoms with E-state index in [0.29, 0.717) is 52.0 Å². The number of anilines is 1. The number of aryl methyl sites for hydroxylation is 1. The first-order valence-corrected chi connectivity index (χ1v) is 11.0. The van der Waals surface area contributed by atoms with Crippen LogP contribution in [-0.4, -0.2) is 38.0 Å². The topological polar surface area (TPSA) is 140 Å². The van der Waals surface area contributed by atoms with Crippen molar-refractivity contribution in [3.05, 3.63) is 64.5 Å². The number of aromatic nitrogens is 1. The van der Waals surface area contributed by atoms with Gasteiger partial charge in [-0.25, -0.2) is 0 Å². The van der Waals surface area contributed by atoms with Crippen molar-refractivity contribution in [2.45, 2.75) is 32.1 Å². The Balaban J connectivity index is 1.56. The average molecular weight is 458 g/mol. The smallest absolute Gasteiger partial charge is 0.303 e. The predicted molar refractivity (Wildman–Crippen MR) is 126 cm³/mol. The van der Waals surface area contributed by atoms with Crippen LogP contribution < -0.4 is 5.32 Å². The molecule has 0 unspecified atom stereocenters. The van der Waals surface area contributed by atoms with E-state index in [1.54, 1.807) is 24.3 Å². The summed E-state index contributed by atoms with van der Waals surface area (Å²) in [5.74, 6) is -1.70. The molecule has 2 heterocycles. The van der Waals surface area contributed by atoms with Crippen LogP contribution in [0, 0.1) is 0 Å². The quantitative estimate of drug-likeness (QED) is 0.288. The Morgan fingerprint density at radius 1 is 1.00 bits per heavy atom. The van der Waals surface area contributed by atoms with Crippen LogP contribution in [0.2, 0.25) is 0 Å². The number of carbonyl (C=O) groups excluding carboxylic acids is 2. The van der Waals surface area contributed by atoms with Gasteiger partial charge < -0.3 is 25.6 Å². The van der Waals surface area contributed by atoms with E-state index in [2.05, 4.69) is 10.3 Å². The standard InChI is InChI=1S/C26H22N2O6/c29-21-8-5-14(11-23(21)31)13-4-6-15-17(26(34)28-19(15)10-13)12-20-16(7-9-24(32)33)25-18(27-20)2-1-3-22(25)30/h4-6,8,10-12,27,29,31H,1-3,7,9H2,(H,28,34)(H,32,33)/b17-12-. The van der Waals surface area contributed by atoms with Gasteiger partial charge in [0.05, 0.1) is 5.57 Å². The first-order valence-electron chi connectivity index (χ1n) is 11.0. The van der Waals surface area contributed by atoms with Gasteiger partial charge in [0, 0.05) is 41.0 Å². The minimum atomic E-state index is -0.950. The Bertz CT molecular complexity index is 1400. The van der Waals surface area contributed by atoms with Crippen molar-refractivity contribution in [3.63, 3.8) is 0 Å². The third-order valence-electron chi connectivity index (χ3n) is 6.31. The zero-order chi connectivity index (χ0) is 24.0. The van der Waals surface area contributed by atoms with Crippen LogP contribution in [0.1, 0.15) is 52.1 Å². The van der Waals surface area contributed by atoms with Crippen LogP contribution in [0.5, 0.6) is 11.5 Å². The van der Waals surface area contributed by atoms with Gasteiger partial charge in [0.25, 0.3) is 5.91 Å². The predicted octanol–water partition coefficient (Wildman–Crippen LogP) is 4.12. The second kappa shape index (κ2) is 8.22. The fourth-order valence-electron chi connectivity index (χ4n) is 4.67. The van der Waals surface area contributed by atoms with Gasteiger partial charge in [0.15, 0.2) is 17.3 Å². The normalized spacial score (nSPS) is 15.8. The van der Waals surface area contributed by atoms with E-state index in [9.17, 15) is 29.7 Å².